The van der Waals surface area contributed by atoms with Gasteiger partial charge in [-0.05, 0) is 73.7 Å². The van der Waals surface area contributed by atoms with Gasteiger partial charge in [0.1, 0.15) is 5.75 Å². The normalized spacial score (nSPS) is 20.5. The standard InChI is InChI=1S/C23H27ClN2O2/c1-25-22-6-4-3-5-19(22)20(23(25)27)15-26-11-9-16(10-12-26)13-17-14-18(28-2)7-8-21(17)24/h3-8,14,16,20H,9-13,15H2,1-2H3. The van der Waals surface area contributed by atoms with Gasteiger partial charge in [0.2, 0.25) is 5.91 Å². The molecule has 2 aromatic carbocycles. The van der Waals surface area contributed by atoms with Crippen LogP contribution in [-0.4, -0.2) is 44.6 Å². The molecule has 0 saturated carbocycles. The summed E-state index contributed by atoms with van der Waals surface area (Å²) in [7, 11) is 3.57. The Bertz CT molecular complexity index is 861. The molecule has 0 aromatic heterocycles. The molecule has 2 heterocycles. The van der Waals surface area contributed by atoms with E-state index in [0.29, 0.717) is 5.92 Å². The molecule has 2 aliphatic rings. The second-order valence-electron chi connectivity index (χ2n) is 7.91. The molecule has 1 amide bonds. The van der Waals surface area contributed by atoms with Crippen LogP contribution in [0.2, 0.25) is 5.02 Å². The second kappa shape index (κ2) is 8.14. The van der Waals surface area contributed by atoms with Crippen molar-refractivity contribution in [1.82, 2.24) is 4.90 Å². The topological polar surface area (TPSA) is 32.8 Å². The Hall–Kier alpha value is -2.04. The van der Waals surface area contributed by atoms with Gasteiger partial charge in [-0.3, -0.25) is 4.79 Å². The van der Waals surface area contributed by atoms with Crippen molar-refractivity contribution in [2.45, 2.75) is 25.2 Å². The van der Waals surface area contributed by atoms with Gasteiger partial charge in [0, 0.05) is 24.3 Å². The summed E-state index contributed by atoms with van der Waals surface area (Å²) in [5, 5.41) is 0.819. The molecule has 2 aliphatic heterocycles. The molecule has 4 nitrogen and oxygen atoms in total. The zero-order valence-electron chi connectivity index (χ0n) is 16.5. The number of para-hydroxylation sites is 1. The van der Waals surface area contributed by atoms with E-state index in [4.69, 9.17) is 16.3 Å². The van der Waals surface area contributed by atoms with Crippen LogP contribution in [0.15, 0.2) is 42.5 Å². The molecule has 2 aromatic rings. The molecule has 1 saturated heterocycles. The van der Waals surface area contributed by atoms with Gasteiger partial charge in [-0.15, -0.1) is 0 Å². The third-order valence-corrected chi connectivity index (χ3v) is 6.58. The third kappa shape index (κ3) is 3.76. The van der Waals surface area contributed by atoms with E-state index in [9.17, 15) is 4.79 Å². The molecule has 5 heteroatoms. The Labute approximate surface area is 172 Å². The van der Waals surface area contributed by atoms with Crippen LogP contribution in [0.4, 0.5) is 5.69 Å². The summed E-state index contributed by atoms with van der Waals surface area (Å²) in [5.41, 5.74) is 3.39. The first-order valence-electron chi connectivity index (χ1n) is 9.98. The molecule has 0 bridgehead atoms. The van der Waals surface area contributed by atoms with E-state index in [-0.39, 0.29) is 11.8 Å². The molecule has 1 atom stereocenters. The maximum atomic E-state index is 12.7. The molecular weight excluding hydrogens is 372 g/mol. The lowest BCUT2D eigenvalue weighted by atomic mass is 9.89. The van der Waals surface area contributed by atoms with Gasteiger partial charge in [-0.1, -0.05) is 29.8 Å². The van der Waals surface area contributed by atoms with Gasteiger partial charge >= 0.3 is 0 Å². The summed E-state index contributed by atoms with van der Waals surface area (Å²) < 4.78 is 5.34. The van der Waals surface area contributed by atoms with Crippen molar-refractivity contribution in [2.75, 3.05) is 38.7 Å². The molecule has 1 fully saturated rings. The van der Waals surface area contributed by atoms with E-state index in [0.717, 1.165) is 55.4 Å². The van der Waals surface area contributed by atoms with E-state index in [1.165, 1.54) is 11.1 Å². The van der Waals surface area contributed by atoms with E-state index >= 15 is 0 Å². The van der Waals surface area contributed by atoms with E-state index in [1.807, 2.05) is 37.4 Å². The number of amides is 1. The average molecular weight is 399 g/mol. The van der Waals surface area contributed by atoms with Crippen LogP contribution < -0.4 is 9.64 Å². The monoisotopic (exact) mass is 398 g/mol. The van der Waals surface area contributed by atoms with Gasteiger partial charge in [-0.25, -0.2) is 0 Å². The predicted molar refractivity (Wildman–Crippen MR) is 113 cm³/mol. The molecular formula is C23H27ClN2O2. The molecule has 4 rings (SSSR count). The van der Waals surface area contributed by atoms with Crippen LogP contribution in [-0.2, 0) is 11.2 Å². The number of methoxy groups -OCH3 is 1. The van der Waals surface area contributed by atoms with E-state index in [2.05, 4.69) is 17.0 Å². The largest absolute Gasteiger partial charge is 0.497 e. The zero-order valence-corrected chi connectivity index (χ0v) is 17.3. The molecule has 1 unspecified atom stereocenters. The van der Waals surface area contributed by atoms with Crippen LogP contribution in [0, 0.1) is 5.92 Å². The predicted octanol–water partition coefficient (Wildman–Crippen LogP) is 4.36. The maximum Gasteiger partial charge on any atom is 0.235 e. The number of hydrogen-bond donors (Lipinski definition) is 0. The number of benzene rings is 2. The van der Waals surface area contributed by atoms with Crippen LogP contribution in [0.5, 0.6) is 5.75 Å². The number of nitrogens with zero attached hydrogens (tertiary/aromatic N) is 2. The fourth-order valence-electron chi connectivity index (χ4n) is 4.53. The van der Waals surface area contributed by atoms with Crippen molar-refractivity contribution < 1.29 is 9.53 Å². The Kier molecular flexibility index (Phi) is 5.61. The highest BCUT2D eigenvalue weighted by Gasteiger charge is 2.36. The van der Waals surface area contributed by atoms with Gasteiger partial charge in [-0.2, -0.15) is 0 Å². The summed E-state index contributed by atoms with van der Waals surface area (Å²) in [6, 6.07) is 14.0. The van der Waals surface area contributed by atoms with Crippen LogP contribution in [0.25, 0.3) is 0 Å². The van der Waals surface area contributed by atoms with Crippen LogP contribution >= 0.6 is 11.6 Å². The molecule has 0 aliphatic carbocycles. The summed E-state index contributed by atoms with van der Waals surface area (Å²) in [6.45, 7) is 2.87. The molecule has 28 heavy (non-hydrogen) atoms. The molecule has 0 radical (unpaired) electrons. The first-order chi connectivity index (χ1) is 13.6. The minimum absolute atomic E-state index is 0.0365. The van der Waals surface area contributed by atoms with E-state index < -0.39 is 0 Å². The summed E-state index contributed by atoms with van der Waals surface area (Å²) in [6.07, 6.45) is 3.25. The summed E-state index contributed by atoms with van der Waals surface area (Å²) >= 11 is 6.38. The van der Waals surface area contributed by atoms with Crippen molar-refractivity contribution in [1.29, 1.82) is 0 Å². The highest BCUT2D eigenvalue weighted by Crippen LogP contribution is 2.37. The van der Waals surface area contributed by atoms with Gasteiger partial charge < -0.3 is 14.5 Å². The van der Waals surface area contributed by atoms with Crippen molar-refractivity contribution in [3.63, 3.8) is 0 Å². The van der Waals surface area contributed by atoms with Crippen LogP contribution in [0.3, 0.4) is 0 Å². The number of likely N-dealkylation sites (tertiary alicyclic amines) is 1. The minimum Gasteiger partial charge on any atom is -0.497 e. The number of fused-ring (bicyclic) bond motifs is 1. The summed E-state index contributed by atoms with van der Waals surface area (Å²) in [5.74, 6) is 1.66. The lowest BCUT2D eigenvalue weighted by Gasteiger charge is -2.33. The quantitative estimate of drug-likeness (QED) is 0.750. The molecule has 148 valence electrons. The number of anilines is 1. The second-order valence-corrected chi connectivity index (χ2v) is 8.32. The van der Waals surface area contributed by atoms with Crippen molar-refractivity contribution in [2.24, 2.45) is 5.92 Å². The maximum absolute atomic E-state index is 12.7. The van der Waals surface area contributed by atoms with Gasteiger partial charge in [0.25, 0.3) is 0 Å². The SMILES string of the molecule is COc1ccc(Cl)c(CC2CCN(CC3C(=O)N(C)c4ccccc43)CC2)c1. The third-order valence-electron chi connectivity index (χ3n) is 6.21. The Morgan fingerprint density at radius 1 is 1.14 bits per heavy atom. The molecule has 0 N–H and O–H groups in total. The number of piperidine rings is 1. The smallest absolute Gasteiger partial charge is 0.235 e. The number of halogens is 1. The lowest BCUT2D eigenvalue weighted by Crippen LogP contribution is -2.39. The summed E-state index contributed by atoms with van der Waals surface area (Å²) in [4.78, 5) is 17.0. The number of ether oxygens (including phenoxy) is 1. The zero-order chi connectivity index (χ0) is 19.7. The first-order valence-corrected chi connectivity index (χ1v) is 10.4. The number of hydrogen-bond acceptors (Lipinski definition) is 3. The van der Waals surface area contributed by atoms with Gasteiger partial charge in [0.15, 0.2) is 0 Å². The van der Waals surface area contributed by atoms with E-state index in [1.54, 1.807) is 12.0 Å². The fourth-order valence-corrected chi connectivity index (χ4v) is 4.72. The number of carbonyl (C=O) groups is 1. The average Bonchev–Trinajstić information content (AvgIpc) is 2.96. The van der Waals surface area contributed by atoms with Crippen molar-refractivity contribution >= 4 is 23.2 Å². The number of rotatable bonds is 5. The van der Waals surface area contributed by atoms with Crippen LogP contribution in [0.1, 0.15) is 29.9 Å². The Morgan fingerprint density at radius 2 is 1.89 bits per heavy atom. The number of likely N-dealkylation sites (N-methyl/N-ethyl adjacent to an activating group) is 1. The minimum atomic E-state index is -0.0365. The first kappa shape index (κ1) is 19.3. The van der Waals surface area contributed by atoms with Gasteiger partial charge in [0.05, 0.1) is 13.0 Å². The highest BCUT2D eigenvalue weighted by molar-refractivity contribution is 6.31. The van der Waals surface area contributed by atoms with Crippen molar-refractivity contribution in [3.05, 3.63) is 58.6 Å². The Morgan fingerprint density at radius 3 is 2.64 bits per heavy atom. The lowest BCUT2D eigenvalue weighted by molar-refractivity contribution is -0.119. The fraction of sp³-hybridized carbons (Fsp3) is 0.435. The highest BCUT2D eigenvalue weighted by atomic mass is 35.5. The number of carbonyl (C=O) groups excluding carboxylic acids is 1. The Balaban J connectivity index is 1.36. The van der Waals surface area contributed by atoms with Crippen molar-refractivity contribution in [3.8, 4) is 5.75 Å². The molecule has 0 spiro atoms.